The first-order valence-corrected chi connectivity index (χ1v) is 7.48. The van der Waals surface area contributed by atoms with Gasteiger partial charge in [0.1, 0.15) is 0 Å². The highest BCUT2D eigenvalue weighted by Gasteiger charge is 2.15. The third-order valence-electron chi connectivity index (χ3n) is 3.34. The molecule has 0 bridgehead atoms. The maximum Gasteiger partial charge on any atom is 0.0636 e. The summed E-state index contributed by atoms with van der Waals surface area (Å²) in [5.41, 5.74) is 0. The lowest BCUT2D eigenvalue weighted by Gasteiger charge is -2.08. The van der Waals surface area contributed by atoms with Gasteiger partial charge in [0.25, 0.3) is 0 Å². The van der Waals surface area contributed by atoms with E-state index in [0.29, 0.717) is 5.92 Å². The average Bonchev–Trinajstić information content (AvgIpc) is 3.00. The fraction of sp³-hybridized carbons (Fsp3) is 0.429. The fourth-order valence-corrected chi connectivity index (χ4v) is 3.78. The van der Waals surface area contributed by atoms with Gasteiger partial charge in [-0.3, -0.25) is 0 Å². The smallest absolute Gasteiger partial charge is 0.0636 e. The van der Waals surface area contributed by atoms with Crippen LogP contribution < -0.4 is 5.32 Å². The minimum Gasteiger partial charge on any atom is -0.381 e. The van der Waals surface area contributed by atoms with Crippen molar-refractivity contribution in [3.8, 4) is 0 Å². The van der Waals surface area contributed by atoms with Gasteiger partial charge in [0.15, 0.2) is 0 Å². The summed E-state index contributed by atoms with van der Waals surface area (Å²) in [6.45, 7) is 3.68. The van der Waals surface area contributed by atoms with E-state index >= 15 is 0 Å². The van der Waals surface area contributed by atoms with Gasteiger partial charge in [0.2, 0.25) is 0 Å². The predicted molar refractivity (Wildman–Crippen MR) is 77.5 cm³/mol. The van der Waals surface area contributed by atoms with Crippen molar-refractivity contribution in [3.63, 3.8) is 0 Å². The molecule has 0 saturated carbocycles. The Kier molecular flexibility index (Phi) is 3.85. The van der Waals surface area contributed by atoms with Crippen molar-refractivity contribution >= 4 is 33.0 Å². The molecule has 2 aromatic rings. The van der Waals surface area contributed by atoms with Crippen LogP contribution in [0.25, 0.3) is 10.1 Å². The third-order valence-corrected chi connectivity index (χ3v) is 5.06. The molecule has 0 aliphatic carbocycles. The molecule has 1 fully saturated rings. The number of ether oxygens (including phenoxy) is 1. The standard InChI is InChI=1S/C14H16ClNOS/c15-14-11-3-1-2-4-12(11)18-13(14)8-16-7-10-5-6-17-9-10/h1-4,10,16H,5-9H2. The molecule has 0 spiro atoms. The van der Waals surface area contributed by atoms with Gasteiger partial charge in [0.05, 0.1) is 11.6 Å². The maximum absolute atomic E-state index is 6.40. The molecule has 1 aliphatic heterocycles. The Bertz CT molecular complexity index is 534. The zero-order chi connectivity index (χ0) is 12.4. The largest absolute Gasteiger partial charge is 0.381 e. The first kappa shape index (κ1) is 12.4. The monoisotopic (exact) mass is 281 g/mol. The highest BCUT2D eigenvalue weighted by atomic mass is 35.5. The molecule has 96 valence electrons. The summed E-state index contributed by atoms with van der Waals surface area (Å²) < 4.78 is 6.64. The number of nitrogens with one attached hydrogen (secondary N) is 1. The quantitative estimate of drug-likeness (QED) is 0.923. The van der Waals surface area contributed by atoms with Gasteiger partial charge in [-0.25, -0.2) is 0 Å². The van der Waals surface area contributed by atoms with Crippen LogP contribution in [-0.4, -0.2) is 19.8 Å². The molecule has 1 unspecified atom stereocenters. The van der Waals surface area contributed by atoms with Gasteiger partial charge in [-0.05, 0) is 18.4 Å². The second-order valence-electron chi connectivity index (χ2n) is 4.70. The lowest BCUT2D eigenvalue weighted by molar-refractivity contribution is 0.185. The molecule has 1 N–H and O–H groups in total. The van der Waals surface area contributed by atoms with Gasteiger partial charge in [-0.15, -0.1) is 11.3 Å². The Hall–Kier alpha value is -0.610. The molecule has 1 aliphatic rings. The van der Waals surface area contributed by atoms with E-state index in [2.05, 4.69) is 23.5 Å². The Labute approximate surface area is 116 Å². The van der Waals surface area contributed by atoms with Crippen molar-refractivity contribution in [2.24, 2.45) is 5.92 Å². The average molecular weight is 282 g/mol. The van der Waals surface area contributed by atoms with E-state index in [0.717, 1.165) is 31.3 Å². The first-order chi connectivity index (χ1) is 8.84. The van der Waals surface area contributed by atoms with Gasteiger partial charge in [-0.2, -0.15) is 0 Å². The predicted octanol–water partition coefficient (Wildman–Crippen LogP) is 3.68. The highest BCUT2D eigenvalue weighted by Crippen LogP contribution is 2.34. The summed E-state index contributed by atoms with van der Waals surface area (Å²) >= 11 is 8.18. The van der Waals surface area contributed by atoms with Crippen LogP contribution >= 0.6 is 22.9 Å². The topological polar surface area (TPSA) is 21.3 Å². The summed E-state index contributed by atoms with van der Waals surface area (Å²) in [6.07, 6.45) is 1.17. The fourth-order valence-electron chi connectivity index (χ4n) is 2.31. The van der Waals surface area contributed by atoms with E-state index in [4.69, 9.17) is 16.3 Å². The number of benzene rings is 1. The second kappa shape index (κ2) is 5.57. The molecule has 18 heavy (non-hydrogen) atoms. The lowest BCUT2D eigenvalue weighted by atomic mass is 10.1. The summed E-state index contributed by atoms with van der Waals surface area (Å²) in [5.74, 6) is 0.665. The van der Waals surface area contributed by atoms with Crippen LogP contribution in [-0.2, 0) is 11.3 Å². The van der Waals surface area contributed by atoms with Crippen LogP contribution in [0.5, 0.6) is 0 Å². The molecule has 2 heterocycles. The second-order valence-corrected chi connectivity index (χ2v) is 6.21. The van der Waals surface area contributed by atoms with Gasteiger partial charge in [0, 0.05) is 34.7 Å². The molecule has 0 radical (unpaired) electrons. The number of fused-ring (bicyclic) bond motifs is 1. The SMILES string of the molecule is Clc1c(CNCC2CCOC2)sc2ccccc12. The molecule has 1 atom stereocenters. The minimum absolute atomic E-state index is 0.665. The van der Waals surface area contributed by atoms with Crippen LogP contribution in [0.15, 0.2) is 24.3 Å². The van der Waals surface area contributed by atoms with Crippen molar-refractivity contribution in [1.82, 2.24) is 5.32 Å². The van der Waals surface area contributed by atoms with Crippen LogP contribution in [0.4, 0.5) is 0 Å². The lowest BCUT2D eigenvalue weighted by Crippen LogP contribution is -2.22. The van der Waals surface area contributed by atoms with Gasteiger partial charge < -0.3 is 10.1 Å². The van der Waals surface area contributed by atoms with E-state index in [9.17, 15) is 0 Å². The van der Waals surface area contributed by atoms with Gasteiger partial charge in [-0.1, -0.05) is 29.8 Å². The zero-order valence-electron chi connectivity index (χ0n) is 10.1. The molecule has 1 aromatic carbocycles. The van der Waals surface area contributed by atoms with E-state index < -0.39 is 0 Å². The Balaban J connectivity index is 1.65. The van der Waals surface area contributed by atoms with E-state index in [1.807, 2.05) is 6.07 Å². The molecule has 1 aromatic heterocycles. The molecule has 3 rings (SSSR count). The summed E-state index contributed by atoms with van der Waals surface area (Å²) in [4.78, 5) is 1.23. The molecular formula is C14H16ClNOS. The normalized spacial score (nSPS) is 19.7. The van der Waals surface area contributed by atoms with E-state index in [1.54, 1.807) is 11.3 Å². The van der Waals surface area contributed by atoms with Crippen molar-refractivity contribution in [2.45, 2.75) is 13.0 Å². The summed E-state index contributed by atoms with van der Waals surface area (Å²) in [6, 6.07) is 8.30. The summed E-state index contributed by atoms with van der Waals surface area (Å²) in [5, 5.41) is 5.57. The van der Waals surface area contributed by atoms with Crippen LogP contribution in [0, 0.1) is 5.92 Å². The number of rotatable bonds is 4. The summed E-state index contributed by atoms with van der Waals surface area (Å²) in [7, 11) is 0. The Morgan fingerprint density at radius 3 is 3.06 bits per heavy atom. The maximum atomic E-state index is 6.40. The molecule has 0 amide bonds. The van der Waals surface area contributed by atoms with Crippen molar-refractivity contribution < 1.29 is 4.74 Å². The van der Waals surface area contributed by atoms with Crippen LogP contribution in [0.1, 0.15) is 11.3 Å². The number of halogens is 1. The van der Waals surface area contributed by atoms with Crippen molar-refractivity contribution in [1.29, 1.82) is 0 Å². The zero-order valence-corrected chi connectivity index (χ0v) is 11.7. The molecule has 4 heteroatoms. The number of hydrogen-bond acceptors (Lipinski definition) is 3. The Morgan fingerprint density at radius 2 is 2.28 bits per heavy atom. The highest BCUT2D eigenvalue weighted by molar-refractivity contribution is 7.19. The Morgan fingerprint density at radius 1 is 1.39 bits per heavy atom. The van der Waals surface area contributed by atoms with Crippen molar-refractivity contribution in [3.05, 3.63) is 34.2 Å². The van der Waals surface area contributed by atoms with Crippen LogP contribution in [0.2, 0.25) is 5.02 Å². The first-order valence-electron chi connectivity index (χ1n) is 6.29. The van der Waals surface area contributed by atoms with E-state index in [1.165, 1.54) is 21.4 Å². The minimum atomic E-state index is 0.665. The van der Waals surface area contributed by atoms with Gasteiger partial charge >= 0.3 is 0 Å². The molecule has 2 nitrogen and oxygen atoms in total. The third kappa shape index (κ3) is 2.54. The number of thiophene rings is 1. The van der Waals surface area contributed by atoms with E-state index in [-0.39, 0.29) is 0 Å². The molecule has 1 saturated heterocycles. The van der Waals surface area contributed by atoms with Crippen LogP contribution in [0.3, 0.4) is 0 Å². The van der Waals surface area contributed by atoms with Crippen molar-refractivity contribution in [2.75, 3.05) is 19.8 Å². The molecular weight excluding hydrogens is 266 g/mol. The number of hydrogen-bond donors (Lipinski definition) is 1.